The minimum absolute atomic E-state index is 1.32. The van der Waals surface area contributed by atoms with Crippen LogP contribution >= 0.6 is 22.7 Å². The maximum Gasteiger partial charge on any atom is 0.0437 e. The van der Waals surface area contributed by atoms with Gasteiger partial charge in [0, 0.05) is 47.1 Å². The van der Waals surface area contributed by atoms with Gasteiger partial charge in [-0.15, -0.1) is 22.7 Å². The SMILES string of the molecule is Cc1cc2c(s1)-c1c3ccccc3cc3cc4ccccc4c(c13)-c1sc(C)cc1-2. The lowest BCUT2D eigenvalue weighted by Crippen LogP contribution is -1.87. The maximum absolute atomic E-state index is 2.40. The molecule has 0 amide bonds. The third kappa shape index (κ3) is 2.10. The Bertz CT molecular complexity index is 1540. The Morgan fingerprint density at radius 1 is 0.533 bits per heavy atom. The van der Waals surface area contributed by atoms with Gasteiger partial charge in [-0.2, -0.15) is 0 Å². The first-order valence-corrected chi connectivity index (χ1v) is 11.9. The highest BCUT2D eigenvalue weighted by Gasteiger charge is 2.28. The number of aryl methyl sites for hydroxylation is 2. The van der Waals surface area contributed by atoms with Crippen molar-refractivity contribution in [3.8, 4) is 32.0 Å². The summed E-state index contributed by atoms with van der Waals surface area (Å²) in [5.41, 5.74) is 5.63. The van der Waals surface area contributed by atoms with Crippen LogP contribution in [0.2, 0.25) is 0 Å². The Morgan fingerprint density at radius 2 is 1.00 bits per heavy atom. The fourth-order valence-electron chi connectivity index (χ4n) is 5.18. The van der Waals surface area contributed by atoms with Crippen molar-refractivity contribution in [1.29, 1.82) is 0 Å². The zero-order chi connectivity index (χ0) is 20.0. The van der Waals surface area contributed by atoms with Gasteiger partial charge in [0.2, 0.25) is 0 Å². The van der Waals surface area contributed by atoms with Crippen LogP contribution in [-0.2, 0) is 0 Å². The minimum Gasteiger partial charge on any atom is -0.140 e. The molecule has 0 saturated carbocycles. The van der Waals surface area contributed by atoms with Crippen molar-refractivity contribution in [3.05, 3.63) is 82.6 Å². The fourth-order valence-corrected chi connectivity index (χ4v) is 7.36. The average Bonchev–Trinajstić information content (AvgIpc) is 3.30. The second kappa shape index (κ2) is 5.81. The van der Waals surface area contributed by atoms with Crippen LogP contribution in [0.15, 0.2) is 72.8 Å². The van der Waals surface area contributed by atoms with E-state index < -0.39 is 0 Å². The third-order valence-electron chi connectivity index (χ3n) is 6.33. The van der Waals surface area contributed by atoms with Gasteiger partial charge >= 0.3 is 0 Å². The summed E-state index contributed by atoms with van der Waals surface area (Å²) >= 11 is 3.88. The van der Waals surface area contributed by atoms with Crippen molar-refractivity contribution >= 4 is 55.0 Å². The molecule has 2 aromatic heterocycles. The third-order valence-corrected chi connectivity index (χ3v) is 8.46. The van der Waals surface area contributed by atoms with E-state index in [9.17, 15) is 0 Å². The van der Waals surface area contributed by atoms with Crippen LogP contribution in [0, 0.1) is 13.8 Å². The number of rotatable bonds is 0. The monoisotopic (exact) mass is 418 g/mol. The Kier molecular flexibility index (Phi) is 3.26. The molecule has 0 fully saturated rings. The van der Waals surface area contributed by atoms with Crippen molar-refractivity contribution < 1.29 is 0 Å². The Morgan fingerprint density at radius 3 is 1.50 bits per heavy atom. The molecule has 142 valence electrons. The summed E-state index contributed by atoms with van der Waals surface area (Å²) in [6, 6.07) is 27.3. The molecule has 0 N–H and O–H groups in total. The van der Waals surface area contributed by atoms with Crippen molar-refractivity contribution in [1.82, 2.24) is 0 Å². The van der Waals surface area contributed by atoms with Gasteiger partial charge in [-0.25, -0.2) is 0 Å². The lowest BCUT2D eigenvalue weighted by atomic mass is 9.90. The van der Waals surface area contributed by atoms with Gasteiger partial charge in [-0.05, 0) is 65.0 Å². The normalized spacial score (nSPS) is 12.3. The second-order valence-corrected chi connectivity index (χ2v) is 10.8. The van der Waals surface area contributed by atoms with Crippen molar-refractivity contribution in [2.45, 2.75) is 13.8 Å². The summed E-state index contributed by atoms with van der Waals surface area (Å²) < 4.78 is 0. The van der Waals surface area contributed by atoms with Gasteiger partial charge in [-0.3, -0.25) is 0 Å². The van der Waals surface area contributed by atoms with E-state index in [-0.39, 0.29) is 0 Å². The molecule has 2 heteroatoms. The zero-order valence-electron chi connectivity index (χ0n) is 16.7. The van der Waals surface area contributed by atoms with Crippen LogP contribution in [0.5, 0.6) is 0 Å². The van der Waals surface area contributed by atoms with Gasteiger partial charge in [-0.1, -0.05) is 48.5 Å². The molecule has 6 aromatic rings. The van der Waals surface area contributed by atoms with Crippen LogP contribution in [-0.4, -0.2) is 0 Å². The summed E-state index contributed by atoms with van der Waals surface area (Å²) in [5, 5.41) is 8.11. The first-order valence-electron chi connectivity index (χ1n) is 10.3. The van der Waals surface area contributed by atoms with E-state index in [2.05, 4.69) is 86.6 Å². The average molecular weight is 419 g/mol. The molecule has 0 spiro atoms. The summed E-state index contributed by atoms with van der Waals surface area (Å²) in [5.74, 6) is 0. The first kappa shape index (κ1) is 16.8. The summed E-state index contributed by atoms with van der Waals surface area (Å²) in [4.78, 5) is 5.59. The Labute approximate surface area is 183 Å². The van der Waals surface area contributed by atoms with Gasteiger partial charge in [0.05, 0.1) is 0 Å². The molecule has 0 bridgehead atoms. The highest BCUT2D eigenvalue weighted by atomic mass is 32.1. The summed E-state index contributed by atoms with van der Waals surface area (Å²) in [7, 11) is 0. The molecule has 1 aliphatic rings. The largest absolute Gasteiger partial charge is 0.140 e. The first-order chi connectivity index (χ1) is 14.7. The van der Waals surface area contributed by atoms with Gasteiger partial charge in [0.25, 0.3) is 0 Å². The van der Waals surface area contributed by atoms with Gasteiger partial charge < -0.3 is 0 Å². The Hall–Kier alpha value is -2.94. The van der Waals surface area contributed by atoms with Crippen LogP contribution < -0.4 is 0 Å². The van der Waals surface area contributed by atoms with E-state index in [0.29, 0.717) is 0 Å². The van der Waals surface area contributed by atoms with Crippen LogP contribution in [0.25, 0.3) is 64.3 Å². The maximum atomic E-state index is 2.40. The van der Waals surface area contributed by atoms with E-state index in [1.807, 2.05) is 22.7 Å². The summed E-state index contributed by atoms with van der Waals surface area (Å²) in [6.07, 6.45) is 0. The van der Waals surface area contributed by atoms with E-state index in [1.165, 1.54) is 74.1 Å². The van der Waals surface area contributed by atoms with Crippen molar-refractivity contribution in [3.63, 3.8) is 0 Å². The number of benzene rings is 4. The van der Waals surface area contributed by atoms with E-state index in [0.717, 1.165) is 0 Å². The van der Waals surface area contributed by atoms with E-state index >= 15 is 0 Å². The molecule has 0 atom stereocenters. The number of fused-ring (bicyclic) bond motifs is 9. The molecule has 0 nitrogen and oxygen atoms in total. The van der Waals surface area contributed by atoms with Crippen LogP contribution in [0.3, 0.4) is 0 Å². The molecule has 2 heterocycles. The lowest BCUT2D eigenvalue weighted by molar-refractivity contribution is 1.61. The molecule has 4 aromatic carbocycles. The number of hydrogen-bond donors (Lipinski definition) is 0. The zero-order valence-corrected chi connectivity index (χ0v) is 18.4. The Balaban J connectivity index is 1.87. The van der Waals surface area contributed by atoms with E-state index in [1.54, 1.807) is 0 Å². The van der Waals surface area contributed by atoms with Crippen LogP contribution in [0.4, 0.5) is 0 Å². The minimum atomic E-state index is 1.32. The lowest BCUT2D eigenvalue weighted by Gasteiger charge is -2.15. The molecule has 0 saturated heterocycles. The molecule has 30 heavy (non-hydrogen) atoms. The molecule has 0 aliphatic heterocycles. The van der Waals surface area contributed by atoms with E-state index in [4.69, 9.17) is 0 Å². The topological polar surface area (TPSA) is 0 Å². The standard InChI is InChI=1S/C28H18S2/c1-15-11-22-23-12-16(2)30-28(23)26-21-10-6-4-8-18(21)14-19-13-17-7-3-5-9-20(17)25(24(19)26)27(22)29-15/h3-14H,1-2H3. The smallest absolute Gasteiger partial charge is 0.0437 e. The highest BCUT2D eigenvalue weighted by molar-refractivity contribution is 7.17. The predicted octanol–water partition coefficient (Wildman–Crippen LogP) is 9.20. The van der Waals surface area contributed by atoms with Crippen molar-refractivity contribution in [2.75, 3.05) is 0 Å². The van der Waals surface area contributed by atoms with Gasteiger partial charge in [0.15, 0.2) is 0 Å². The molecular weight excluding hydrogens is 400 g/mol. The fraction of sp³-hybridized carbons (Fsp3) is 0.0714. The molecule has 7 rings (SSSR count). The molecule has 0 unspecified atom stereocenters. The highest BCUT2D eigenvalue weighted by Crippen LogP contribution is 2.56. The molecule has 0 radical (unpaired) electrons. The predicted molar refractivity (Wildman–Crippen MR) is 134 cm³/mol. The molecule has 1 aliphatic carbocycles. The number of hydrogen-bond acceptors (Lipinski definition) is 2. The number of thiophene rings is 2. The quantitative estimate of drug-likeness (QED) is 0.215. The summed E-state index contributed by atoms with van der Waals surface area (Å²) in [6.45, 7) is 4.48. The molecular formula is C28H18S2. The van der Waals surface area contributed by atoms with Gasteiger partial charge in [0.1, 0.15) is 0 Å². The van der Waals surface area contributed by atoms with Crippen molar-refractivity contribution in [2.24, 2.45) is 0 Å². The second-order valence-electron chi connectivity index (χ2n) is 8.24. The van der Waals surface area contributed by atoms with Crippen LogP contribution in [0.1, 0.15) is 9.75 Å².